The average Bonchev–Trinajstić information content (AvgIpc) is 2.47. The molecule has 2 aromatic carbocycles. The Balaban J connectivity index is 2.65. The minimum Gasteiger partial charge on any atom is -0.478 e. The Bertz CT molecular complexity index is 692. The lowest BCUT2D eigenvalue weighted by molar-refractivity contribution is -0.115. The van der Waals surface area contributed by atoms with Gasteiger partial charge in [0.15, 0.2) is 0 Å². The standard InChI is InChI=1S/C17H17NO3/c1-3-15(19)18-16-13(9-6-10-14(16)17(20)21)12-8-5-4-7-11(12)2/h4-10H,3H2,1-2H3,(H,18,19)(H,20,21). The fourth-order valence-electron chi connectivity index (χ4n) is 2.19. The van der Waals surface area contributed by atoms with Gasteiger partial charge in [0.1, 0.15) is 0 Å². The maximum atomic E-state index is 11.7. The van der Waals surface area contributed by atoms with Crippen LogP contribution < -0.4 is 5.32 Å². The number of carboxylic acids is 1. The van der Waals surface area contributed by atoms with E-state index in [4.69, 9.17) is 0 Å². The van der Waals surface area contributed by atoms with Gasteiger partial charge in [0, 0.05) is 12.0 Å². The third-order valence-corrected chi connectivity index (χ3v) is 3.32. The van der Waals surface area contributed by atoms with Gasteiger partial charge in [0.05, 0.1) is 11.3 Å². The molecular formula is C17H17NO3. The van der Waals surface area contributed by atoms with Crippen molar-refractivity contribution in [2.24, 2.45) is 0 Å². The van der Waals surface area contributed by atoms with Gasteiger partial charge in [-0.2, -0.15) is 0 Å². The van der Waals surface area contributed by atoms with Crippen molar-refractivity contribution < 1.29 is 14.7 Å². The van der Waals surface area contributed by atoms with Crippen molar-refractivity contribution in [1.29, 1.82) is 0 Å². The van der Waals surface area contributed by atoms with Gasteiger partial charge in [0.25, 0.3) is 0 Å². The first-order valence-corrected chi connectivity index (χ1v) is 6.76. The first-order chi connectivity index (χ1) is 10.0. The smallest absolute Gasteiger partial charge is 0.337 e. The number of rotatable bonds is 4. The second-order valence-corrected chi connectivity index (χ2v) is 4.75. The third kappa shape index (κ3) is 3.11. The molecule has 0 aliphatic rings. The quantitative estimate of drug-likeness (QED) is 0.899. The zero-order chi connectivity index (χ0) is 15.4. The summed E-state index contributed by atoms with van der Waals surface area (Å²) in [6.45, 7) is 3.68. The lowest BCUT2D eigenvalue weighted by Crippen LogP contribution is -2.14. The summed E-state index contributed by atoms with van der Waals surface area (Å²) in [5.74, 6) is -1.27. The normalized spacial score (nSPS) is 10.2. The summed E-state index contributed by atoms with van der Waals surface area (Å²) in [7, 11) is 0. The fraction of sp³-hybridized carbons (Fsp3) is 0.176. The topological polar surface area (TPSA) is 66.4 Å². The highest BCUT2D eigenvalue weighted by molar-refractivity contribution is 6.05. The van der Waals surface area contributed by atoms with Crippen LogP contribution in [0.3, 0.4) is 0 Å². The Hall–Kier alpha value is -2.62. The predicted molar refractivity (Wildman–Crippen MR) is 82.5 cm³/mol. The first kappa shape index (κ1) is 14.8. The highest BCUT2D eigenvalue weighted by Crippen LogP contribution is 2.33. The van der Waals surface area contributed by atoms with Crippen LogP contribution in [0, 0.1) is 6.92 Å². The van der Waals surface area contributed by atoms with Crippen molar-refractivity contribution in [2.75, 3.05) is 5.32 Å². The van der Waals surface area contributed by atoms with Gasteiger partial charge in [-0.05, 0) is 24.1 Å². The van der Waals surface area contributed by atoms with E-state index in [2.05, 4.69) is 5.32 Å². The number of carbonyl (C=O) groups excluding carboxylic acids is 1. The SMILES string of the molecule is CCC(=O)Nc1c(C(=O)O)cccc1-c1ccccc1C. The Kier molecular flexibility index (Phi) is 4.38. The Morgan fingerprint density at radius 2 is 1.71 bits per heavy atom. The maximum absolute atomic E-state index is 11.7. The highest BCUT2D eigenvalue weighted by Gasteiger charge is 2.17. The Labute approximate surface area is 123 Å². The van der Waals surface area contributed by atoms with Crippen molar-refractivity contribution in [2.45, 2.75) is 20.3 Å². The predicted octanol–water partition coefficient (Wildman–Crippen LogP) is 3.71. The minimum atomic E-state index is -1.06. The van der Waals surface area contributed by atoms with Crippen LogP contribution in [0.25, 0.3) is 11.1 Å². The number of benzene rings is 2. The van der Waals surface area contributed by atoms with Gasteiger partial charge in [-0.25, -0.2) is 4.79 Å². The Morgan fingerprint density at radius 1 is 1.05 bits per heavy atom. The Morgan fingerprint density at radius 3 is 2.33 bits per heavy atom. The summed E-state index contributed by atoms with van der Waals surface area (Å²) < 4.78 is 0. The summed E-state index contributed by atoms with van der Waals surface area (Å²) in [6.07, 6.45) is 0.293. The van der Waals surface area contributed by atoms with Gasteiger partial charge in [-0.3, -0.25) is 4.79 Å². The molecule has 0 bridgehead atoms. The molecular weight excluding hydrogens is 266 g/mol. The fourth-order valence-corrected chi connectivity index (χ4v) is 2.19. The molecule has 108 valence electrons. The summed E-state index contributed by atoms with van der Waals surface area (Å²) in [5, 5.41) is 12.1. The zero-order valence-electron chi connectivity index (χ0n) is 12.0. The molecule has 0 saturated heterocycles. The first-order valence-electron chi connectivity index (χ1n) is 6.76. The summed E-state index contributed by atoms with van der Waals surface area (Å²) in [6, 6.07) is 12.7. The summed E-state index contributed by atoms with van der Waals surface area (Å²) in [4.78, 5) is 23.1. The van der Waals surface area contributed by atoms with E-state index in [0.29, 0.717) is 12.1 Å². The van der Waals surface area contributed by atoms with E-state index >= 15 is 0 Å². The van der Waals surface area contributed by atoms with E-state index in [0.717, 1.165) is 16.7 Å². The van der Waals surface area contributed by atoms with Gasteiger partial charge in [-0.15, -0.1) is 0 Å². The molecule has 4 nitrogen and oxygen atoms in total. The molecule has 0 heterocycles. The number of para-hydroxylation sites is 1. The molecule has 0 radical (unpaired) electrons. The van der Waals surface area contributed by atoms with E-state index in [1.54, 1.807) is 13.0 Å². The van der Waals surface area contributed by atoms with Crippen molar-refractivity contribution >= 4 is 17.6 Å². The van der Waals surface area contributed by atoms with E-state index in [1.165, 1.54) is 6.07 Å². The molecule has 0 aliphatic heterocycles. The van der Waals surface area contributed by atoms with Crippen LogP contribution in [-0.4, -0.2) is 17.0 Å². The third-order valence-electron chi connectivity index (χ3n) is 3.32. The number of carboxylic acid groups (broad SMARTS) is 1. The highest BCUT2D eigenvalue weighted by atomic mass is 16.4. The number of nitrogens with one attached hydrogen (secondary N) is 1. The molecule has 21 heavy (non-hydrogen) atoms. The number of aromatic carboxylic acids is 1. The molecule has 1 amide bonds. The van der Waals surface area contributed by atoms with Crippen LogP contribution in [0.1, 0.15) is 29.3 Å². The van der Waals surface area contributed by atoms with Crippen LogP contribution in [0.5, 0.6) is 0 Å². The second kappa shape index (κ2) is 6.22. The number of amides is 1. The average molecular weight is 283 g/mol. The molecule has 0 aliphatic carbocycles. The van der Waals surface area contributed by atoms with Gasteiger partial charge in [0.2, 0.25) is 5.91 Å². The van der Waals surface area contributed by atoms with E-state index in [1.807, 2.05) is 37.3 Å². The molecule has 2 aromatic rings. The van der Waals surface area contributed by atoms with Crippen LogP contribution in [0.4, 0.5) is 5.69 Å². The largest absolute Gasteiger partial charge is 0.478 e. The van der Waals surface area contributed by atoms with Crippen molar-refractivity contribution in [3.63, 3.8) is 0 Å². The number of hydrogen-bond donors (Lipinski definition) is 2. The lowest BCUT2D eigenvalue weighted by Gasteiger charge is -2.15. The zero-order valence-corrected chi connectivity index (χ0v) is 12.0. The summed E-state index contributed by atoms with van der Waals surface area (Å²) in [5.41, 5.74) is 3.09. The summed E-state index contributed by atoms with van der Waals surface area (Å²) >= 11 is 0. The van der Waals surface area contributed by atoms with Crippen LogP contribution in [0.2, 0.25) is 0 Å². The van der Waals surface area contributed by atoms with E-state index in [9.17, 15) is 14.7 Å². The van der Waals surface area contributed by atoms with Gasteiger partial charge in [-0.1, -0.05) is 43.3 Å². The molecule has 0 unspecified atom stereocenters. The molecule has 0 saturated carbocycles. The van der Waals surface area contributed by atoms with Crippen molar-refractivity contribution in [1.82, 2.24) is 0 Å². The number of anilines is 1. The number of hydrogen-bond acceptors (Lipinski definition) is 2. The number of carbonyl (C=O) groups is 2. The second-order valence-electron chi connectivity index (χ2n) is 4.75. The molecule has 0 fully saturated rings. The van der Waals surface area contributed by atoms with Gasteiger partial charge >= 0.3 is 5.97 Å². The van der Waals surface area contributed by atoms with E-state index < -0.39 is 5.97 Å². The lowest BCUT2D eigenvalue weighted by atomic mass is 9.96. The maximum Gasteiger partial charge on any atom is 0.337 e. The minimum absolute atomic E-state index is 0.0950. The molecule has 0 aromatic heterocycles. The molecule has 0 atom stereocenters. The molecule has 0 spiro atoms. The monoisotopic (exact) mass is 283 g/mol. The van der Waals surface area contributed by atoms with Crippen molar-refractivity contribution in [3.8, 4) is 11.1 Å². The van der Waals surface area contributed by atoms with Crippen molar-refractivity contribution in [3.05, 3.63) is 53.6 Å². The van der Waals surface area contributed by atoms with Crippen LogP contribution >= 0.6 is 0 Å². The van der Waals surface area contributed by atoms with E-state index in [-0.39, 0.29) is 11.5 Å². The van der Waals surface area contributed by atoms with Gasteiger partial charge < -0.3 is 10.4 Å². The van der Waals surface area contributed by atoms with Crippen LogP contribution in [-0.2, 0) is 4.79 Å². The number of aryl methyl sites for hydroxylation is 1. The molecule has 4 heteroatoms. The van der Waals surface area contributed by atoms with Crippen LogP contribution in [0.15, 0.2) is 42.5 Å². The molecule has 2 N–H and O–H groups in total. The molecule has 2 rings (SSSR count).